The van der Waals surface area contributed by atoms with E-state index in [0.717, 1.165) is 17.6 Å². The van der Waals surface area contributed by atoms with Crippen molar-refractivity contribution in [3.05, 3.63) is 76.8 Å². The SMILES string of the molecule is C=C1CCN(C(=O)c2nc(-c3ccc(C#N)c(F)c3)n(-c3cc4c(F)n(C)nc4cc3C)c2C)C1.CC. The maximum Gasteiger partial charge on any atom is 0.274 e. The molecule has 37 heavy (non-hydrogen) atoms. The number of imidazole rings is 1. The van der Waals surface area contributed by atoms with Crippen molar-refractivity contribution in [2.45, 2.75) is 34.1 Å². The van der Waals surface area contributed by atoms with E-state index in [1.807, 2.05) is 26.8 Å². The van der Waals surface area contributed by atoms with Crippen LogP contribution in [0.2, 0.25) is 0 Å². The number of carbonyl (C=O) groups excluding carboxylic acids is 1. The number of halogens is 2. The number of hydrogen-bond donors (Lipinski definition) is 0. The standard InChI is InChI=1S/C26H22F2N6O.C2H6/c1-14-7-8-33(13-14)26(35)23-16(3)34(25(30-23)17-5-6-18(12-29)20(27)10-17)22-11-19-21(9-15(22)2)31-32(4)24(19)28;1-2/h5-6,9-11H,1,7-8,13H2,2-4H3;1-2H3. The van der Waals surface area contributed by atoms with Crippen LogP contribution in [-0.4, -0.2) is 43.2 Å². The molecular formula is C28H28F2N6O. The van der Waals surface area contributed by atoms with E-state index in [-0.39, 0.29) is 17.2 Å². The van der Waals surface area contributed by atoms with Gasteiger partial charge in [-0.15, -0.1) is 0 Å². The van der Waals surface area contributed by atoms with Crippen molar-refractivity contribution in [1.29, 1.82) is 5.26 Å². The maximum atomic E-state index is 14.7. The van der Waals surface area contributed by atoms with Crippen molar-refractivity contribution in [2.75, 3.05) is 13.1 Å². The zero-order chi connectivity index (χ0) is 27.0. The van der Waals surface area contributed by atoms with Crippen LogP contribution in [0.15, 0.2) is 42.5 Å². The fourth-order valence-electron chi connectivity index (χ4n) is 4.53. The fourth-order valence-corrected chi connectivity index (χ4v) is 4.53. The van der Waals surface area contributed by atoms with Crippen molar-refractivity contribution in [3.8, 4) is 23.1 Å². The Morgan fingerprint density at radius 2 is 1.89 bits per heavy atom. The molecule has 2 aromatic carbocycles. The van der Waals surface area contributed by atoms with Gasteiger partial charge in [-0.25, -0.2) is 14.1 Å². The summed E-state index contributed by atoms with van der Waals surface area (Å²) < 4.78 is 32.2. The Kier molecular flexibility index (Phi) is 6.94. The van der Waals surface area contributed by atoms with E-state index in [0.29, 0.717) is 46.8 Å². The highest BCUT2D eigenvalue weighted by Crippen LogP contribution is 2.32. The van der Waals surface area contributed by atoms with Gasteiger partial charge in [0.25, 0.3) is 5.91 Å². The van der Waals surface area contributed by atoms with Crippen LogP contribution < -0.4 is 0 Å². The normalized spacial score (nSPS) is 13.0. The number of nitrogens with zero attached hydrogens (tertiary/aromatic N) is 6. The molecule has 2 aromatic heterocycles. The number of benzene rings is 2. The summed E-state index contributed by atoms with van der Waals surface area (Å²) in [6.07, 6.45) is 0.731. The molecule has 1 aliphatic heterocycles. The predicted octanol–water partition coefficient (Wildman–Crippen LogP) is 5.62. The summed E-state index contributed by atoms with van der Waals surface area (Å²) in [6, 6.07) is 9.43. The third kappa shape index (κ3) is 4.40. The van der Waals surface area contributed by atoms with Crippen molar-refractivity contribution in [3.63, 3.8) is 0 Å². The Balaban J connectivity index is 0.00000156. The van der Waals surface area contributed by atoms with Gasteiger partial charge < -0.3 is 4.90 Å². The Morgan fingerprint density at radius 3 is 2.51 bits per heavy atom. The lowest BCUT2D eigenvalue weighted by Gasteiger charge is -2.15. The highest BCUT2D eigenvalue weighted by Gasteiger charge is 2.29. The molecule has 0 N–H and O–H groups in total. The minimum Gasteiger partial charge on any atom is -0.333 e. The Bertz CT molecular complexity index is 1590. The second kappa shape index (κ2) is 9.97. The van der Waals surface area contributed by atoms with E-state index in [1.54, 1.807) is 34.6 Å². The summed E-state index contributed by atoms with van der Waals surface area (Å²) in [5, 5.41) is 13.7. The summed E-state index contributed by atoms with van der Waals surface area (Å²) in [5.74, 6) is -1.11. The lowest BCUT2D eigenvalue weighted by Crippen LogP contribution is -2.28. The maximum absolute atomic E-state index is 14.7. The highest BCUT2D eigenvalue weighted by molar-refractivity contribution is 5.95. The second-order valence-corrected chi connectivity index (χ2v) is 8.81. The molecule has 1 amide bonds. The molecule has 3 heterocycles. The zero-order valence-corrected chi connectivity index (χ0v) is 21.6. The quantitative estimate of drug-likeness (QED) is 0.341. The number of amides is 1. The Morgan fingerprint density at radius 1 is 1.16 bits per heavy atom. The molecule has 1 aliphatic rings. The first-order valence-electron chi connectivity index (χ1n) is 12.1. The summed E-state index contributed by atoms with van der Waals surface area (Å²) >= 11 is 0. The van der Waals surface area contributed by atoms with Crippen LogP contribution >= 0.6 is 0 Å². The van der Waals surface area contributed by atoms with Gasteiger partial charge in [0.2, 0.25) is 5.95 Å². The van der Waals surface area contributed by atoms with Gasteiger partial charge in [0.05, 0.1) is 27.8 Å². The van der Waals surface area contributed by atoms with E-state index < -0.39 is 11.8 Å². The smallest absolute Gasteiger partial charge is 0.274 e. The molecule has 0 spiro atoms. The molecule has 0 bridgehead atoms. The van der Waals surface area contributed by atoms with Gasteiger partial charge in [0.1, 0.15) is 23.4 Å². The van der Waals surface area contributed by atoms with E-state index in [2.05, 4.69) is 16.7 Å². The lowest BCUT2D eigenvalue weighted by atomic mass is 10.1. The number of aryl methyl sites for hydroxylation is 2. The topological polar surface area (TPSA) is 79.7 Å². The monoisotopic (exact) mass is 502 g/mol. The third-order valence-electron chi connectivity index (χ3n) is 6.41. The van der Waals surface area contributed by atoms with Gasteiger partial charge in [-0.2, -0.15) is 14.8 Å². The van der Waals surface area contributed by atoms with Crippen molar-refractivity contribution < 1.29 is 13.6 Å². The highest BCUT2D eigenvalue weighted by atomic mass is 19.1. The number of aromatic nitrogens is 4. The molecule has 5 rings (SSSR count). The van der Waals surface area contributed by atoms with Crippen LogP contribution in [0.25, 0.3) is 28.0 Å². The average Bonchev–Trinajstić information content (AvgIpc) is 3.55. The number of fused-ring (bicyclic) bond motifs is 1. The van der Waals surface area contributed by atoms with Gasteiger partial charge in [-0.05, 0) is 56.2 Å². The van der Waals surface area contributed by atoms with Gasteiger partial charge in [-0.1, -0.05) is 26.0 Å². The summed E-state index contributed by atoms with van der Waals surface area (Å²) in [5.41, 5.74) is 3.91. The molecule has 0 aliphatic carbocycles. The molecule has 0 atom stereocenters. The fraction of sp³-hybridized carbons (Fsp3) is 0.286. The minimum atomic E-state index is -0.689. The first kappa shape index (κ1) is 25.8. The zero-order valence-electron chi connectivity index (χ0n) is 21.6. The Labute approximate surface area is 214 Å². The van der Waals surface area contributed by atoms with E-state index >= 15 is 0 Å². The van der Waals surface area contributed by atoms with Crippen molar-refractivity contribution in [2.24, 2.45) is 7.05 Å². The number of hydrogen-bond acceptors (Lipinski definition) is 4. The lowest BCUT2D eigenvalue weighted by molar-refractivity contribution is 0.0790. The van der Waals surface area contributed by atoms with Crippen LogP contribution in [0, 0.1) is 36.9 Å². The summed E-state index contributed by atoms with van der Waals surface area (Å²) in [4.78, 5) is 19.7. The van der Waals surface area contributed by atoms with E-state index in [9.17, 15) is 13.6 Å². The molecule has 0 unspecified atom stereocenters. The largest absolute Gasteiger partial charge is 0.333 e. The van der Waals surface area contributed by atoms with E-state index in [4.69, 9.17) is 5.26 Å². The van der Waals surface area contributed by atoms with Crippen LogP contribution in [0.1, 0.15) is 47.6 Å². The van der Waals surface area contributed by atoms with E-state index in [1.165, 1.54) is 23.9 Å². The van der Waals surface area contributed by atoms with Gasteiger partial charge >= 0.3 is 0 Å². The average molecular weight is 503 g/mol. The van der Waals surface area contributed by atoms with Crippen LogP contribution in [0.4, 0.5) is 8.78 Å². The van der Waals surface area contributed by atoms with Crippen molar-refractivity contribution in [1.82, 2.24) is 24.2 Å². The summed E-state index contributed by atoms with van der Waals surface area (Å²) in [6.45, 7) is 12.6. The molecule has 7 nitrogen and oxygen atoms in total. The molecule has 9 heteroatoms. The minimum absolute atomic E-state index is 0.0921. The number of carbonyl (C=O) groups is 1. The number of nitriles is 1. The summed E-state index contributed by atoms with van der Waals surface area (Å²) in [7, 11) is 1.53. The first-order chi connectivity index (χ1) is 17.7. The molecule has 0 saturated carbocycles. The van der Waals surface area contributed by atoms with Crippen LogP contribution in [-0.2, 0) is 7.05 Å². The number of rotatable bonds is 3. The van der Waals surface area contributed by atoms with Gasteiger partial charge in [-0.3, -0.25) is 9.36 Å². The van der Waals surface area contributed by atoms with Crippen LogP contribution in [0.5, 0.6) is 0 Å². The predicted molar refractivity (Wildman–Crippen MR) is 138 cm³/mol. The molecule has 4 aromatic rings. The van der Waals surface area contributed by atoms with Gasteiger partial charge in [0, 0.05) is 25.7 Å². The second-order valence-electron chi connectivity index (χ2n) is 8.81. The first-order valence-corrected chi connectivity index (χ1v) is 12.1. The van der Waals surface area contributed by atoms with Crippen LogP contribution in [0.3, 0.4) is 0 Å². The van der Waals surface area contributed by atoms with Gasteiger partial charge in [0.15, 0.2) is 0 Å². The molecular weight excluding hydrogens is 474 g/mol. The Hall–Kier alpha value is -4.32. The molecule has 190 valence electrons. The van der Waals surface area contributed by atoms with Crippen molar-refractivity contribution >= 4 is 16.8 Å². The number of likely N-dealkylation sites (tertiary alicyclic amines) is 1. The molecule has 1 fully saturated rings. The molecule has 0 radical (unpaired) electrons. The molecule has 1 saturated heterocycles. The third-order valence-corrected chi connectivity index (χ3v) is 6.41.